The van der Waals surface area contributed by atoms with Crippen LogP contribution < -0.4 is 0 Å². The standard InChI is InChI=1S/C13H20O2/c1-10-5-6-12(8-11(10)2)9-13(15)4-3-7-14/h5-6,8,13-15H,3-4,7,9H2,1-2H3. The summed E-state index contributed by atoms with van der Waals surface area (Å²) in [6, 6.07) is 6.27. The minimum atomic E-state index is -0.334. The van der Waals surface area contributed by atoms with E-state index in [2.05, 4.69) is 32.0 Å². The molecule has 84 valence electrons. The fraction of sp³-hybridized carbons (Fsp3) is 0.538. The predicted molar refractivity (Wildman–Crippen MR) is 61.9 cm³/mol. The molecule has 15 heavy (non-hydrogen) atoms. The Morgan fingerprint density at radius 1 is 1.20 bits per heavy atom. The third-order valence-electron chi connectivity index (χ3n) is 2.74. The van der Waals surface area contributed by atoms with E-state index in [4.69, 9.17) is 5.11 Å². The highest BCUT2D eigenvalue weighted by molar-refractivity contribution is 5.30. The summed E-state index contributed by atoms with van der Waals surface area (Å²) in [6.45, 7) is 4.32. The molecule has 0 radical (unpaired) electrons. The van der Waals surface area contributed by atoms with E-state index in [0.29, 0.717) is 19.3 Å². The normalized spacial score (nSPS) is 12.8. The first-order valence-electron chi connectivity index (χ1n) is 5.48. The average molecular weight is 208 g/mol. The molecule has 0 saturated carbocycles. The van der Waals surface area contributed by atoms with Crippen LogP contribution in [0.5, 0.6) is 0 Å². The van der Waals surface area contributed by atoms with Crippen LogP contribution in [0.15, 0.2) is 18.2 Å². The second-order valence-electron chi connectivity index (χ2n) is 4.14. The zero-order valence-electron chi connectivity index (χ0n) is 9.53. The SMILES string of the molecule is Cc1ccc(CC(O)CCCO)cc1C. The Hall–Kier alpha value is -0.860. The zero-order chi connectivity index (χ0) is 11.3. The first-order chi connectivity index (χ1) is 7.13. The lowest BCUT2D eigenvalue weighted by Gasteiger charge is -2.11. The second kappa shape index (κ2) is 5.89. The number of benzene rings is 1. The summed E-state index contributed by atoms with van der Waals surface area (Å²) in [5, 5.41) is 18.3. The van der Waals surface area contributed by atoms with Gasteiger partial charge in [0.2, 0.25) is 0 Å². The van der Waals surface area contributed by atoms with E-state index in [1.165, 1.54) is 16.7 Å². The fourth-order valence-electron chi connectivity index (χ4n) is 1.63. The van der Waals surface area contributed by atoms with Crippen LogP contribution >= 0.6 is 0 Å². The summed E-state index contributed by atoms with van der Waals surface area (Å²) in [4.78, 5) is 0. The summed E-state index contributed by atoms with van der Waals surface area (Å²) in [5.74, 6) is 0. The van der Waals surface area contributed by atoms with Crippen molar-refractivity contribution in [3.8, 4) is 0 Å². The molecule has 0 aromatic heterocycles. The second-order valence-corrected chi connectivity index (χ2v) is 4.14. The Labute approximate surface area is 91.6 Å². The maximum Gasteiger partial charge on any atom is 0.0581 e. The third-order valence-corrected chi connectivity index (χ3v) is 2.74. The number of aryl methyl sites for hydroxylation is 2. The van der Waals surface area contributed by atoms with Gasteiger partial charge >= 0.3 is 0 Å². The highest BCUT2D eigenvalue weighted by Crippen LogP contribution is 2.13. The number of aliphatic hydroxyl groups excluding tert-OH is 2. The van der Waals surface area contributed by atoms with Gasteiger partial charge in [-0.25, -0.2) is 0 Å². The molecule has 0 heterocycles. The van der Waals surface area contributed by atoms with Crippen molar-refractivity contribution >= 4 is 0 Å². The van der Waals surface area contributed by atoms with Gasteiger partial charge in [-0.05, 0) is 49.8 Å². The topological polar surface area (TPSA) is 40.5 Å². The van der Waals surface area contributed by atoms with Crippen molar-refractivity contribution in [1.82, 2.24) is 0 Å². The van der Waals surface area contributed by atoms with E-state index in [1.807, 2.05) is 0 Å². The van der Waals surface area contributed by atoms with Crippen molar-refractivity contribution in [1.29, 1.82) is 0 Å². The number of hydrogen-bond acceptors (Lipinski definition) is 2. The van der Waals surface area contributed by atoms with Crippen molar-refractivity contribution in [2.24, 2.45) is 0 Å². The van der Waals surface area contributed by atoms with Gasteiger partial charge in [-0.15, -0.1) is 0 Å². The lowest BCUT2D eigenvalue weighted by atomic mass is 10.0. The van der Waals surface area contributed by atoms with E-state index in [-0.39, 0.29) is 12.7 Å². The summed E-state index contributed by atoms with van der Waals surface area (Å²) >= 11 is 0. The van der Waals surface area contributed by atoms with Crippen LogP contribution in [-0.2, 0) is 6.42 Å². The monoisotopic (exact) mass is 208 g/mol. The van der Waals surface area contributed by atoms with Gasteiger partial charge in [-0.2, -0.15) is 0 Å². The molecule has 1 rings (SSSR count). The van der Waals surface area contributed by atoms with Gasteiger partial charge in [0.05, 0.1) is 6.10 Å². The highest BCUT2D eigenvalue weighted by atomic mass is 16.3. The van der Waals surface area contributed by atoms with Crippen LogP contribution in [0.3, 0.4) is 0 Å². The van der Waals surface area contributed by atoms with E-state index in [9.17, 15) is 5.11 Å². The molecule has 0 fully saturated rings. The van der Waals surface area contributed by atoms with Crippen molar-refractivity contribution < 1.29 is 10.2 Å². The molecule has 0 spiro atoms. The molecule has 2 N–H and O–H groups in total. The number of hydrogen-bond donors (Lipinski definition) is 2. The fourth-order valence-corrected chi connectivity index (χ4v) is 1.63. The van der Waals surface area contributed by atoms with Gasteiger partial charge in [0.1, 0.15) is 0 Å². The number of rotatable bonds is 5. The molecule has 0 aliphatic rings. The first kappa shape index (κ1) is 12.2. The Morgan fingerprint density at radius 2 is 1.93 bits per heavy atom. The van der Waals surface area contributed by atoms with Gasteiger partial charge in [-0.1, -0.05) is 18.2 Å². The third kappa shape index (κ3) is 4.02. The van der Waals surface area contributed by atoms with Crippen molar-refractivity contribution in [2.45, 2.75) is 39.2 Å². The molecule has 0 aliphatic carbocycles. The summed E-state index contributed by atoms with van der Waals surface area (Å²) in [7, 11) is 0. The summed E-state index contributed by atoms with van der Waals surface area (Å²) < 4.78 is 0. The molecule has 1 atom stereocenters. The van der Waals surface area contributed by atoms with Crippen LogP contribution in [0.1, 0.15) is 29.5 Å². The molecular formula is C13H20O2. The Kier molecular flexibility index (Phi) is 4.79. The largest absolute Gasteiger partial charge is 0.396 e. The quantitative estimate of drug-likeness (QED) is 0.776. The van der Waals surface area contributed by atoms with Crippen molar-refractivity contribution in [2.75, 3.05) is 6.61 Å². The Bertz CT molecular complexity index is 307. The van der Waals surface area contributed by atoms with Gasteiger partial charge in [0.15, 0.2) is 0 Å². The summed E-state index contributed by atoms with van der Waals surface area (Å²) in [5.41, 5.74) is 3.72. The highest BCUT2D eigenvalue weighted by Gasteiger charge is 2.05. The van der Waals surface area contributed by atoms with Gasteiger partial charge in [0.25, 0.3) is 0 Å². The number of aliphatic hydroxyl groups is 2. The van der Waals surface area contributed by atoms with Crippen molar-refractivity contribution in [3.63, 3.8) is 0 Å². The minimum Gasteiger partial charge on any atom is -0.396 e. The van der Waals surface area contributed by atoms with Crippen LogP contribution in [0.4, 0.5) is 0 Å². The maximum atomic E-state index is 9.68. The minimum absolute atomic E-state index is 0.157. The Balaban J connectivity index is 2.53. The molecule has 2 nitrogen and oxygen atoms in total. The first-order valence-corrected chi connectivity index (χ1v) is 5.48. The summed E-state index contributed by atoms with van der Waals surface area (Å²) in [6.07, 6.45) is 1.69. The van der Waals surface area contributed by atoms with Crippen LogP contribution in [0.25, 0.3) is 0 Å². The molecule has 1 aromatic carbocycles. The van der Waals surface area contributed by atoms with Crippen molar-refractivity contribution in [3.05, 3.63) is 34.9 Å². The predicted octanol–water partition coefficient (Wildman–Crippen LogP) is 1.98. The lowest BCUT2D eigenvalue weighted by Crippen LogP contribution is -2.11. The average Bonchev–Trinajstić information content (AvgIpc) is 2.20. The van der Waals surface area contributed by atoms with Crippen LogP contribution in [0, 0.1) is 13.8 Å². The maximum absolute atomic E-state index is 9.68. The molecule has 0 saturated heterocycles. The molecule has 0 bridgehead atoms. The lowest BCUT2D eigenvalue weighted by molar-refractivity contribution is 0.150. The Morgan fingerprint density at radius 3 is 2.53 bits per heavy atom. The molecule has 0 amide bonds. The van der Waals surface area contributed by atoms with Crippen LogP contribution in [0.2, 0.25) is 0 Å². The molecule has 0 aliphatic heterocycles. The van der Waals surface area contributed by atoms with Crippen LogP contribution in [-0.4, -0.2) is 22.9 Å². The van der Waals surface area contributed by atoms with Gasteiger partial charge in [0, 0.05) is 6.61 Å². The zero-order valence-corrected chi connectivity index (χ0v) is 9.53. The molecular weight excluding hydrogens is 188 g/mol. The molecule has 1 aromatic rings. The van der Waals surface area contributed by atoms with E-state index < -0.39 is 0 Å². The molecule has 1 unspecified atom stereocenters. The van der Waals surface area contributed by atoms with E-state index in [1.54, 1.807) is 0 Å². The molecule has 2 heteroatoms. The van der Waals surface area contributed by atoms with Gasteiger partial charge < -0.3 is 10.2 Å². The van der Waals surface area contributed by atoms with E-state index in [0.717, 1.165) is 0 Å². The smallest absolute Gasteiger partial charge is 0.0581 e. The van der Waals surface area contributed by atoms with Gasteiger partial charge in [-0.3, -0.25) is 0 Å². The van der Waals surface area contributed by atoms with E-state index >= 15 is 0 Å².